The average molecular weight is 326 g/mol. The number of rotatable bonds is 2. The molecule has 0 amide bonds. The number of carbonyl (C=O) groups excluding carboxylic acids is 1. The Morgan fingerprint density at radius 3 is 2.88 bits per heavy atom. The predicted octanol–water partition coefficient (Wildman–Crippen LogP) is 3.16. The van der Waals surface area contributed by atoms with Crippen molar-refractivity contribution < 1.29 is 9.53 Å². The van der Waals surface area contributed by atoms with E-state index in [9.17, 15) is 4.79 Å². The molecular weight excluding hydrogens is 315 g/mol. The number of carbonyl (C=O) groups is 1. The molecule has 0 radical (unpaired) electrons. The van der Waals surface area contributed by atoms with E-state index in [4.69, 9.17) is 0 Å². The molecule has 2 aromatic carbocycles. The minimum absolute atomic E-state index is 0.204. The van der Waals surface area contributed by atoms with Gasteiger partial charge in [0.15, 0.2) is 0 Å². The first kappa shape index (κ1) is 11.4. The van der Waals surface area contributed by atoms with E-state index in [1.165, 1.54) is 16.1 Å². The maximum Gasteiger partial charge on any atom is 0.309 e. The first-order valence-electron chi connectivity index (χ1n) is 4.94. The Bertz CT molecular complexity index is 534. The van der Waals surface area contributed by atoms with Gasteiger partial charge in [-0.3, -0.25) is 4.79 Å². The van der Waals surface area contributed by atoms with Crippen LogP contribution >= 0.6 is 22.6 Å². The predicted molar refractivity (Wildman–Crippen MR) is 72.4 cm³/mol. The monoisotopic (exact) mass is 326 g/mol. The second-order valence-corrected chi connectivity index (χ2v) is 4.71. The van der Waals surface area contributed by atoms with Gasteiger partial charge < -0.3 is 4.74 Å². The van der Waals surface area contributed by atoms with E-state index < -0.39 is 0 Å². The van der Waals surface area contributed by atoms with E-state index in [2.05, 4.69) is 45.5 Å². The van der Waals surface area contributed by atoms with Crippen LogP contribution in [0.25, 0.3) is 10.8 Å². The Balaban J connectivity index is 2.41. The number of fused-ring (bicyclic) bond motifs is 1. The minimum atomic E-state index is -0.204. The molecule has 82 valence electrons. The smallest absolute Gasteiger partial charge is 0.309 e. The van der Waals surface area contributed by atoms with Crippen molar-refractivity contribution >= 4 is 39.3 Å². The zero-order valence-corrected chi connectivity index (χ0v) is 11.0. The van der Waals surface area contributed by atoms with Gasteiger partial charge in [-0.05, 0) is 45.0 Å². The molecule has 0 aliphatic carbocycles. The minimum Gasteiger partial charge on any atom is -0.469 e. The van der Waals surface area contributed by atoms with Crippen molar-refractivity contribution in [3.05, 3.63) is 45.5 Å². The van der Waals surface area contributed by atoms with Crippen LogP contribution in [0.4, 0.5) is 0 Å². The Labute approximate surface area is 108 Å². The Kier molecular flexibility index (Phi) is 3.43. The van der Waals surface area contributed by atoms with Crippen LogP contribution in [0, 0.1) is 3.57 Å². The van der Waals surface area contributed by atoms with E-state index in [0.29, 0.717) is 6.42 Å². The molecule has 0 atom stereocenters. The molecule has 0 fully saturated rings. The molecule has 0 aliphatic rings. The topological polar surface area (TPSA) is 26.3 Å². The molecule has 0 saturated heterocycles. The molecule has 0 bridgehead atoms. The number of benzene rings is 2. The van der Waals surface area contributed by atoms with Gasteiger partial charge in [-0.2, -0.15) is 0 Å². The maximum atomic E-state index is 11.2. The molecule has 2 nitrogen and oxygen atoms in total. The first-order valence-corrected chi connectivity index (χ1v) is 6.02. The van der Waals surface area contributed by atoms with Crippen LogP contribution in [0.2, 0.25) is 0 Å². The third-order valence-corrected chi connectivity index (χ3v) is 3.41. The summed E-state index contributed by atoms with van der Waals surface area (Å²) < 4.78 is 5.87. The molecule has 0 saturated carbocycles. The zero-order valence-electron chi connectivity index (χ0n) is 8.87. The van der Waals surface area contributed by atoms with Crippen LogP contribution in [0.5, 0.6) is 0 Å². The van der Waals surface area contributed by atoms with Gasteiger partial charge in [-0.15, -0.1) is 0 Å². The van der Waals surface area contributed by atoms with Gasteiger partial charge in [0.05, 0.1) is 13.5 Å². The molecule has 0 N–H and O–H groups in total. The highest BCUT2D eigenvalue weighted by molar-refractivity contribution is 14.1. The van der Waals surface area contributed by atoms with E-state index in [0.717, 1.165) is 10.9 Å². The van der Waals surface area contributed by atoms with Crippen molar-refractivity contribution in [2.45, 2.75) is 6.42 Å². The summed E-state index contributed by atoms with van der Waals surface area (Å²) in [7, 11) is 1.41. The number of hydrogen-bond donors (Lipinski definition) is 0. The van der Waals surface area contributed by atoms with Crippen LogP contribution in [0.1, 0.15) is 5.56 Å². The van der Waals surface area contributed by atoms with Crippen LogP contribution in [0.15, 0.2) is 36.4 Å². The fraction of sp³-hybridized carbons (Fsp3) is 0.154. The lowest BCUT2D eigenvalue weighted by Gasteiger charge is -2.04. The lowest BCUT2D eigenvalue weighted by Crippen LogP contribution is -2.04. The Morgan fingerprint density at radius 2 is 2.12 bits per heavy atom. The van der Waals surface area contributed by atoms with E-state index >= 15 is 0 Å². The van der Waals surface area contributed by atoms with Crippen molar-refractivity contribution in [2.24, 2.45) is 0 Å². The van der Waals surface area contributed by atoms with Gasteiger partial charge >= 0.3 is 5.97 Å². The summed E-state index contributed by atoms with van der Waals surface area (Å²) in [5.41, 5.74) is 0.987. The van der Waals surface area contributed by atoms with Crippen LogP contribution in [0.3, 0.4) is 0 Å². The van der Waals surface area contributed by atoms with Gasteiger partial charge in [0.2, 0.25) is 0 Å². The summed E-state index contributed by atoms with van der Waals surface area (Å²) in [4.78, 5) is 11.2. The SMILES string of the molecule is COC(=O)Cc1ccc2c(I)cccc2c1. The highest BCUT2D eigenvalue weighted by Gasteiger charge is 2.04. The lowest BCUT2D eigenvalue weighted by molar-refractivity contribution is -0.139. The number of methoxy groups -OCH3 is 1. The third kappa shape index (κ3) is 2.35. The molecule has 0 unspecified atom stereocenters. The van der Waals surface area contributed by atoms with Crippen LogP contribution in [-0.4, -0.2) is 13.1 Å². The molecule has 0 aromatic heterocycles. The van der Waals surface area contributed by atoms with Gasteiger partial charge in [-0.1, -0.05) is 30.3 Å². The normalized spacial score (nSPS) is 10.4. The molecule has 2 aromatic rings. The maximum absolute atomic E-state index is 11.2. The fourth-order valence-corrected chi connectivity index (χ4v) is 2.34. The summed E-state index contributed by atoms with van der Waals surface area (Å²) >= 11 is 2.31. The summed E-state index contributed by atoms with van der Waals surface area (Å²) in [5, 5.41) is 2.38. The van der Waals surface area contributed by atoms with Crippen molar-refractivity contribution in [1.82, 2.24) is 0 Å². The molecular formula is C13H11IO2. The third-order valence-electron chi connectivity index (χ3n) is 2.47. The number of hydrogen-bond acceptors (Lipinski definition) is 2. The highest BCUT2D eigenvalue weighted by Crippen LogP contribution is 2.21. The average Bonchev–Trinajstić information content (AvgIpc) is 2.29. The largest absolute Gasteiger partial charge is 0.469 e. The summed E-state index contributed by atoms with van der Waals surface area (Å²) in [6, 6.07) is 12.2. The van der Waals surface area contributed by atoms with Crippen molar-refractivity contribution in [3.63, 3.8) is 0 Å². The van der Waals surface area contributed by atoms with E-state index in [-0.39, 0.29) is 5.97 Å². The van der Waals surface area contributed by atoms with Crippen LogP contribution in [-0.2, 0) is 16.0 Å². The van der Waals surface area contributed by atoms with Crippen molar-refractivity contribution in [1.29, 1.82) is 0 Å². The first-order chi connectivity index (χ1) is 7.70. The molecule has 0 heterocycles. The molecule has 0 spiro atoms. The summed E-state index contributed by atoms with van der Waals surface area (Å²) in [5.74, 6) is -0.204. The van der Waals surface area contributed by atoms with Crippen LogP contribution < -0.4 is 0 Å². The van der Waals surface area contributed by atoms with E-state index in [1.807, 2.05) is 18.2 Å². The molecule has 0 aliphatic heterocycles. The zero-order chi connectivity index (χ0) is 11.5. The fourth-order valence-electron chi connectivity index (χ4n) is 1.64. The van der Waals surface area contributed by atoms with Gasteiger partial charge in [-0.25, -0.2) is 0 Å². The standard InChI is InChI=1S/C13H11IO2/c1-16-13(15)8-9-5-6-11-10(7-9)3-2-4-12(11)14/h2-7H,8H2,1H3. The van der Waals surface area contributed by atoms with Crippen molar-refractivity contribution in [2.75, 3.05) is 7.11 Å². The van der Waals surface area contributed by atoms with Gasteiger partial charge in [0, 0.05) is 3.57 Å². The Hall–Kier alpha value is -1.10. The summed E-state index contributed by atoms with van der Waals surface area (Å²) in [6.07, 6.45) is 0.331. The summed E-state index contributed by atoms with van der Waals surface area (Å²) in [6.45, 7) is 0. The number of esters is 1. The van der Waals surface area contributed by atoms with Gasteiger partial charge in [0.1, 0.15) is 0 Å². The molecule has 16 heavy (non-hydrogen) atoms. The number of ether oxygens (including phenoxy) is 1. The van der Waals surface area contributed by atoms with Gasteiger partial charge in [0.25, 0.3) is 0 Å². The van der Waals surface area contributed by atoms with Crippen molar-refractivity contribution in [3.8, 4) is 0 Å². The molecule has 3 heteroatoms. The number of halogens is 1. The molecule has 2 rings (SSSR count). The second-order valence-electron chi connectivity index (χ2n) is 3.55. The highest BCUT2D eigenvalue weighted by atomic mass is 127. The van der Waals surface area contributed by atoms with E-state index in [1.54, 1.807) is 0 Å². The lowest BCUT2D eigenvalue weighted by atomic mass is 10.1. The Morgan fingerprint density at radius 1 is 1.31 bits per heavy atom. The quantitative estimate of drug-likeness (QED) is 0.626. The second kappa shape index (κ2) is 4.82.